The summed E-state index contributed by atoms with van der Waals surface area (Å²) in [5.74, 6) is 0.661. The lowest BCUT2D eigenvalue weighted by Crippen LogP contribution is -2.53. The summed E-state index contributed by atoms with van der Waals surface area (Å²) in [6.45, 7) is 4.36. The molecule has 1 saturated carbocycles. The highest BCUT2D eigenvalue weighted by atomic mass is 35.5. The summed E-state index contributed by atoms with van der Waals surface area (Å²) in [6, 6.07) is 24.5. The molecule has 0 unspecified atom stereocenters. The second-order valence-corrected chi connectivity index (χ2v) is 10.8. The molecule has 4 rings (SSSR count). The maximum absolute atomic E-state index is 13.7. The van der Waals surface area contributed by atoms with Gasteiger partial charge in [0.15, 0.2) is 6.61 Å². The number of nitrogens with zero attached hydrogens (tertiary/aromatic N) is 1. The molecule has 5 nitrogen and oxygen atoms in total. The van der Waals surface area contributed by atoms with Crippen molar-refractivity contribution in [1.82, 2.24) is 10.2 Å². The molecule has 0 radical (unpaired) electrons. The SMILES string of the molecule is CC(C)c1ccc(OCC(=O)N(Cc2cccc(Cl)c2)[C@@H](Cc2ccccc2)C(=O)NC2CCCC2)cc1. The standard InChI is InChI=1S/C32H37ClN2O3/c1-23(2)26-15-17-29(18-16-26)38-22-31(36)35(21-25-11-8-12-27(33)19-25)30(20-24-9-4-3-5-10-24)32(37)34-28-13-6-7-14-28/h3-5,8-12,15-19,23,28,30H,6-7,13-14,20-22H2,1-2H3,(H,34,37)/t30-/m0/s1. The van der Waals surface area contributed by atoms with Crippen LogP contribution in [-0.4, -0.2) is 35.4 Å². The molecule has 0 heterocycles. The van der Waals surface area contributed by atoms with Crippen molar-refractivity contribution in [2.75, 3.05) is 6.61 Å². The Hall–Kier alpha value is -3.31. The molecular weight excluding hydrogens is 496 g/mol. The minimum absolute atomic E-state index is 0.127. The molecule has 0 aliphatic heterocycles. The Balaban J connectivity index is 1.59. The minimum Gasteiger partial charge on any atom is -0.484 e. The van der Waals surface area contributed by atoms with Crippen molar-refractivity contribution in [2.24, 2.45) is 0 Å². The molecule has 2 amide bonds. The number of hydrogen-bond donors (Lipinski definition) is 1. The molecule has 1 atom stereocenters. The van der Waals surface area contributed by atoms with Crippen molar-refractivity contribution in [3.63, 3.8) is 0 Å². The molecule has 38 heavy (non-hydrogen) atoms. The van der Waals surface area contributed by atoms with Crippen molar-refractivity contribution >= 4 is 23.4 Å². The quantitative estimate of drug-likeness (QED) is 0.305. The average molecular weight is 533 g/mol. The van der Waals surface area contributed by atoms with Crippen LogP contribution in [0.4, 0.5) is 0 Å². The van der Waals surface area contributed by atoms with Gasteiger partial charge in [0.2, 0.25) is 5.91 Å². The number of carbonyl (C=O) groups excluding carboxylic acids is 2. The van der Waals surface area contributed by atoms with E-state index >= 15 is 0 Å². The van der Waals surface area contributed by atoms with Gasteiger partial charge in [-0.1, -0.05) is 92.9 Å². The van der Waals surface area contributed by atoms with Gasteiger partial charge in [0.25, 0.3) is 5.91 Å². The van der Waals surface area contributed by atoms with E-state index in [1.165, 1.54) is 5.56 Å². The molecular formula is C32H37ClN2O3. The third-order valence-electron chi connectivity index (χ3n) is 7.12. The second-order valence-electron chi connectivity index (χ2n) is 10.4. The van der Waals surface area contributed by atoms with Gasteiger partial charge in [-0.25, -0.2) is 0 Å². The van der Waals surface area contributed by atoms with E-state index in [1.54, 1.807) is 11.0 Å². The summed E-state index contributed by atoms with van der Waals surface area (Å²) in [5.41, 5.74) is 3.06. The van der Waals surface area contributed by atoms with Gasteiger partial charge in [-0.05, 0) is 59.7 Å². The predicted octanol–water partition coefficient (Wildman–Crippen LogP) is 6.54. The first-order valence-electron chi connectivity index (χ1n) is 13.5. The van der Waals surface area contributed by atoms with Crippen LogP contribution < -0.4 is 10.1 Å². The molecule has 0 aromatic heterocycles. The van der Waals surface area contributed by atoms with Gasteiger partial charge < -0.3 is 15.0 Å². The normalized spacial score (nSPS) is 14.3. The second kappa shape index (κ2) is 13.5. The topological polar surface area (TPSA) is 58.6 Å². The van der Waals surface area contributed by atoms with Crippen LogP contribution in [0.3, 0.4) is 0 Å². The van der Waals surface area contributed by atoms with Crippen molar-refractivity contribution < 1.29 is 14.3 Å². The summed E-state index contributed by atoms with van der Waals surface area (Å²) >= 11 is 6.26. The Kier molecular flexibility index (Phi) is 9.83. The molecule has 3 aromatic rings. The van der Waals surface area contributed by atoms with E-state index in [0.717, 1.165) is 36.8 Å². The van der Waals surface area contributed by atoms with E-state index in [0.29, 0.717) is 23.1 Å². The lowest BCUT2D eigenvalue weighted by molar-refractivity contribution is -0.143. The average Bonchev–Trinajstić information content (AvgIpc) is 3.43. The molecule has 6 heteroatoms. The zero-order chi connectivity index (χ0) is 26.9. The van der Waals surface area contributed by atoms with Gasteiger partial charge in [0, 0.05) is 24.0 Å². The summed E-state index contributed by atoms with van der Waals surface area (Å²) in [5, 5.41) is 3.81. The van der Waals surface area contributed by atoms with Gasteiger partial charge in [-0.2, -0.15) is 0 Å². The third-order valence-corrected chi connectivity index (χ3v) is 7.36. The van der Waals surface area contributed by atoms with Crippen LogP contribution in [0, 0.1) is 0 Å². The van der Waals surface area contributed by atoms with Gasteiger partial charge >= 0.3 is 0 Å². The zero-order valence-electron chi connectivity index (χ0n) is 22.2. The largest absolute Gasteiger partial charge is 0.484 e. The number of benzene rings is 3. The lowest BCUT2D eigenvalue weighted by atomic mass is 10.0. The highest BCUT2D eigenvalue weighted by Gasteiger charge is 2.32. The monoisotopic (exact) mass is 532 g/mol. The van der Waals surface area contributed by atoms with Crippen LogP contribution in [-0.2, 0) is 22.6 Å². The van der Waals surface area contributed by atoms with E-state index < -0.39 is 6.04 Å². The number of nitrogens with one attached hydrogen (secondary N) is 1. The summed E-state index contributed by atoms with van der Waals surface area (Å²) < 4.78 is 5.91. The van der Waals surface area contributed by atoms with Crippen molar-refractivity contribution in [1.29, 1.82) is 0 Å². The Labute approximate surface area is 231 Å². The van der Waals surface area contributed by atoms with E-state index in [1.807, 2.05) is 72.8 Å². The number of halogens is 1. The fourth-order valence-electron chi connectivity index (χ4n) is 4.93. The minimum atomic E-state index is -0.684. The van der Waals surface area contributed by atoms with E-state index in [9.17, 15) is 9.59 Å². The molecule has 1 aliphatic carbocycles. The van der Waals surface area contributed by atoms with Gasteiger partial charge in [0.1, 0.15) is 11.8 Å². The molecule has 200 valence electrons. The molecule has 1 N–H and O–H groups in total. The molecule has 3 aromatic carbocycles. The van der Waals surface area contributed by atoms with Crippen LogP contribution in [0.1, 0.15) is 62.1 Å². The third kappa shape index (κ3) is 7.84. The van der Waals surface area contributed by atoms with Crippen molar-refractivity contribution in [3.8, 4) is 5.75 Å². The van der Waals surface area contributed by atoms with Crippen LogP contribution in [0.25, 0.3) is 0 Å². The Bertz CT molecular complexity index is 1190. The number of ether oxygens (including phenoxy) is 1. The van der Waals surface area contributed by atoms with Crippen molar-refractivity contribution in [2.45, 2.75) is 70.5 Å². The first kappa shape index (κ1) is 27.7. The fraction of sp³-hybridized carbons (Fsp3) is 0.375. The Morgan fingerprint density at radius 3 is 2.29 bits per heavy atom. The summed E-state index contributed by atoms with van der Waals surface area (Å²) in [7, 11) is 0. The highest BCUT2D eigenvalue weighted by molar-refractivity contribution is 6.30. The molecule has 0 spiro atoms. The van der Waals surface area contributed by atoms with Gasteiger partial charge in [0.05, 0.1) is 0 Å². The van der Waals surface area contributed by atoms with Crippen LogP contribution in [0.2, 0.25) is 5.02 Å². The van der Waals surface area contributed by atoms with Crippen LogP contribution in [0.5, 0.6) is 5.75 Å². The van der Waals surface area contributed by atoms with Gasteiger partial charge in [-0.3, -0.25) is 9.59 Å². The Morgan fingerprint density at radius 1 is 0.947 bits per heavy atom. The number of rotatable bonds is 11. The van der Waals surface area contributed by atoms with E-state index in [2.05, 4.69) is 19.2 Å². The van der Waals surface area contributed by atoms with Crippen molar-refractivity contribution in [3.05, 3.63) is 101 Å². The van der Waals surface area contributed by atoms with Crippen LogP contribution in [0.15, 0.2) is 78.9 Å². The van der Waals surface area contributed by atoms with Crippen LogP contribution >= 0.6 is 11.6 Å². The Morgan fingerprint density at radius 2 is 1.63 bits per heavy atom. The summed E-state index contributed by atoms with van der Waals surface area (Å²) in [6.07, 6.45) is 4.59. The first-order valence-corrected chi connectivity index (χ1v) is 13.9. The fourth-order valence-corrected chi connectivity index (χ4v) is 5.14. The number of carbonyl (C=O) groups is 2. The number of hydrogen-bond acceptors (Lipinski definition) is 3. The molecule has 0 saturated heterocycles. The number of amides is 2. The summed E-state index contributed by atoms with van der Waals surface area (Å²) in [4.78, 5) is 29.1. The lowest BCUT2D eigenvalue weighted by Gasteiger charge is -2.32. The zero-order valence-corrected chi connectivity index (χ0v) is 23.0. The maximum atomic E-state index is 13.7. The molecule has 1 aliphatic rings. The predicted molar refractivity (Wildman–Crippen MR) is 152 cm³/mol. The van der Waals surface area contributed by atoms with E-state index in [-0.39, 0.29) is 31.0 Å². The maximum Gasteiger partial charge on any atom is 0.261 e. The molecule has 1 fully saturated rings. The molecule has 0 bridgehead atoms. The highest BCUT2D eigenvalue weighted by Crippen LogP contribution is 2.22. The smallest absolute Gasteiger partial charge is 0.261 e. The first-order chi connectivity index (χ1) is 18.4. The van der Waals surface area contributed by atoms with E-state index in [4.69, 9.17) is 16.3 Å². The van der Waals surface area contributed by atoms with Gasteiger partial charge in [-0.15, -0.1) is 0 Å².